The highest BCUT2D eigenvalue weighted by Crippen LogP contribution is 2.35. The number of hydrogen-bond donors (Lipinski definition) is 0. The standard InChI is InChI=1S/C16H11FO2S2/c17-13-5-1-11(2-6-13)15-9-20-10-16(15)12-3-7-14(8-4-12)21(18)19/h1-10H,(H,18,19)/p-1. The van der Waals surface area contributed by atoms with Crippen molar-refractivity contribution in [2.24, 2.45) is 0 Å². The molecule has 1 unspecified atom stereocenters. The predicted molar refractivity (Wildman–Crippen MR) is 82.3 cm³/mol. The third-order valence-corrected chi connectivity index (χ3v) is 4.58. The summed E-state index contributed by atoms with van der Waals surface area (Å²) in [4.78, 5) is 0.261. The van der Waals surface area contributed by atoms with Crippen molar-refractivity contribution in [3.8, 4) is 22.3 Å². The van der Waals surface area contributed by atoms with Gasteiger partial charge in [-0.1, -0.05) is 24.3 Å². The SMILES string of the molecule is O=S([O-])c1ccc(-c2cscc2-c2ccc(F)cc2)cc1. The Morgan fingerprint density at radius 2 is 1.33 bits per heavy atom. The summed E-state index contributed by atoms with van der Waals surface area (Å²) in [5.41, 5.74) is 3.89. The molecule has 0 radical (unpaired) electrons. The van der Waals surface area contributed by atoms with Crippen LogP contribution in [0.4, 0.5) is 4.39 Å². The van der Waals surface area contributed by atoms with Gasteiger partial charge in [0.25, 0.3) is 0 Å². The lowest BCUT2D eigenvalue weighted by Gasteiger charge is -2.08. The lowest BCUT2D eigenvalue weighted by atomic mass is 9.99. The molecule has 0 N–H and O–H groups in total. The van der Waals surface area contributed by atoms with Crippen LogP contribution in [0.1, 0.15) is 0 Å². The molecule has 3 aromatic rings. The zero-order valence-corrected chi connectivity index (χ0v) is 12.4. The average Bonchev–Trinajstić information content (AvgIpc) is 2.97. The van der Waals surface area contributed by atoms with Crippen molar-refractivity contribution in [3.05, 3.63) is 65.1 Å². The van der Waals surface area contributed by atoms with E-state index in [-0.39, 0.29) is 10.7 Å². The summed E-state index contributed by atoms with van der Waals surface area (Å²) in [6, 6.07) is 13.0. The molecule has 1 atom stereocenters. The number of rotatable bonds is 3. The molecule has 2 aromatic carbocycles. The maximum atomic E-state index is 13.0. The van der Waals surface area contributed by atoms with Crippen molar-refractivity contribution in [1.82, 2.24) is 0 Å². The molecule has 1 aromatic heterocycles. The molecule has 5 heteroatoms. The number of benzene rings is 2. The second kappa shape index (κ2) is 5.89. The van der Waals surface area contributed by atoms with Crippen LogP contribution in [0.5, 0.6) is 0 Å². The zero-order valence-electron chi connectivity index (χ0n) is 10.8. The molecule has 0 aliphatic rings. The summed E-state index contributed by atoms with van der Waals surface area (Å²) in [6.45, 7) is 0. The van der Waals surface area contributed by atoms with E-state index in [1.54, 1.807) is 47.7 Å². The summed E-state index contributed by atoms with van der Waals surface area (Å²) >= 11 is -0.662. The van der Waals surface area contributed by atoms with E-state index in [1.165, 1.54) is 12.1 Å². The summed E-state index contributed by atoms with van der Waals surface area (Å²) in [5.74, 6) is -0.266. The van der Waals surface area contributed by atoms with Crippen molar-refractivity contribution >= 4 is 22.4 Å². The molecular weight excluding hydrogens is 307 g/mol. The number of thiophene rings is 1. The molecule has 0 spiro atoms. The normalized spacial score (nSPS) is 12.3. The highest BCUT2D eigenvalue weighted by atomic mass is 32.2. The van der Waals surface area contributed by atoms with Crippen molar-refractivity contribution in [1.29, 1.82) is 0 Å². The smallest absolute Gasteiger partial charge is 0.123 e. The molecule has 3 rings (SSSR count). The Hall–Kier alpha value is -1.82. The summed E-state index contributed by atoms with van der Waals surface area (Å²) in [5, 5.41) is 4.00. The average molecular weight is 317 g/mol. The third-order valence-electron chi connectivity index (χ3n) is 3.17. The number of halogens is 1. The van der Waals surface area contributed by atoms with E-state index in [0.717, 1.165) is 22.3 Å². The Labute approximate surface area is 128 Å². The minimum atomic E-state index is -2.22. The molecular formula is C16H10FO2S2-. The van der Waals surface area contributed by atoms with Gasteiger partial charge in [-0.3, -0.25) is 4.21 Å². The molecule has 0 saturated carbocycles. The second-order valence-electron chi connectivity index (χ2n) is 4.47. The van der Waals surface area contributed by atoms with Gasteiger partial charge < -0.3 is 4.55 Å². The van der Waals surface area contributed by atoms with Gasteiger partial charge in [0.15, 0.2) is 0 Å². The first kappa shape index (κ1) is 14.1. The third kappa shape index (κ3) is 2.95. The minimum Gasteiger partial charge on any atom is -0.768 e. The van der Waals surface area contributed by atoms with Crippen LogP contribution in [0, 0.1) is 5.82 Å². The highest BCUT2D eigenvalue weighted by Gasteiger charge is 2.09. The van der Waals surface area contributed by atoms with Gasteiger partial charge in [-0.05, 0) is 57.2 Å². The van der Waals surface area contributed by atoms with E-state index in [9.17, 15) is 13.2 Å². The first-order valence-corrected chi connectivity index (χ1v) is 8.19. The monoisotopic (exact) mass is 317 g/mol. The van der Waals surface area contributed by atoms with Gasteiger partial charge in [-0.2, -0.15) is 11.3 Å². The van der Waals surface area contributed by atoms with Gasteiger partial charge in [0, 0.05) is 16.0 Å². The Balaban J connectivity index is 2.02. The lowest BCUT2D eigenvalue weighted by Crippen LogP contribution is -1.88. The van der Waals surface area contributed by atoms with Crippen LogP contribution in [0.25, 0.3) is 22.3 Å². The molecule has 0 aliphatic carbocycles. The van der Waals surface area contributed by atoms with Crippen LogP contribution in [0.2, 0.25) is 0 Å². The number of hydrogen-bond acceptors (Lipinski definition) is 3. The van der Waals surface area contributed by atoms with E-state index in [0.29, 0.717) is 0 Å². The van der Waals surface area contributed by atoms with Gasteiger partial charge in [0.2, 0.25) is 0 Å². The van der Waals surface area contributed by atoms with E-state index >= 15 is 0 Å². The van der Waals surface area contributed by atoms with E-state index in [4.69, 9.17) is 0 Å². The van der Waals surface area contributed by atoms with E-state index in [2.05, 4.69) is 0 Å². The van der Waals surface area contributed by atoms with Crippen molar-refractivity contribution in [2.75, 3.05) is 0 Å². The fraction of sp³-hybridized carbons (Fsp3) is 0. The molecule has 0 amide bonds. The van der Waals surface area contributed by atoms with Crippen LogP contribution in [0.15, 0.2) is 64.2 Å². The highest BCUT2D eigenvalue weighted by molar-refractivity contribution is 7.79. The van der Waals surface area contributed by atoms with Gasteiger partial charge in [0.05, 0.1) is 0 Å². The molecule has 0 fully saturated rings. The molecule has 21 heavy (non-hydrogen) atoms. The maximum Gasteiger partial charge on any atom is 0.123 e. The molecule has 0 aliphatic heterocycles. The Morgan fingerprint density at radius 3 is 1.81 bits per heavy atom. The van der Waals surface area contributed by atoms with Gasteiger partial charge in [-0.25, -0.2) is 4.39 Å². The molecule has 2 nitrogen and oxygen atoms in total. The van der Waals surface area contributed by atoms with Crippen molar-refractivity contribution < 1.29 is 13.2 Å². The van der Waals surface area contributed by atoms with Crippen LogP contribution in [-0.2, 0) is 11.1 Å². The quantitative estimate of drug-likeness (QED) is 0.669. The van der Waals surface area contributed by atoms with Crippen molar-refractivity contribution in [2.45, 2.75) is 4.90 Å². The first-order valence-electron chi connectivity index (χ1n) is 6.17. The fourth-order valence-electron chi connectivity index (χ4n) is 2.12. The maximum absolute atomic E-state index is 13.0. The van der Waals surface area contributed by atoms with Crippen LogP contribution in [-0.4, -0.2) is 8.76 Å². The minimum absolute atomic E-state index is 0.261. The lowest BCUT2D eigenvalue weighted by molar-refractivity contribution is 0.537. The Bertz CT molecular complexity index is 777. The Kier molecular flexibility index (Phi) is 3.96. The second-order valence-corrected chi connectivity index (χ2v) is 6.15. The van der Waals surface area contributed by atoms with Crippen LogP contribution in [0.3, 0.4) is 0 Å². The van der Waals surface area contributed by atoms with E-state index in [1.807, 2.05) is 10.8 Å². The van der Waals surface area contributed by atoms with Crippen LogP contribution >= 0.6 is 11.3 Å². The first-order chi connectivity index (χ1) is 10.1. The predicted octanol–water partition coefficient (Wildman–Crippen LogP) is 4.46. The van der Waals surface area contributed by atoms with Gasteiger partial charge in [-0.15, -0.1) is 0 Å². The molecule has 1 heterocycles. The topological polar surface area (TPSA) is 40.1 Å². The molecule has 0 saturated heterocycles. The molecule has 106 valence electrons. The zero-order chi connectivity index (χ0) is 14.8. The summed E-state index contributed by atoms with van der Waals surface area (Å²) in [7, 11) is 0. The van der Waals surface area contributed by atoms with Gasteiger partial charge in [0.1, 0.15) is 5.82 Å². The molecule has 0 bridgehead atoms. The van der Waals surface area contributed by atoms with Gasteiger partial charge >= 0.3 is 0 Å². The van der Waals surface area contributed by atoms with Crippen molar-refractivity contribution in [3.63, 3.8) is 0 Å². The fourth-order valence-corrected chi connectivity index (χ4v) is 3.34. The Morgan fingerprint density at radius 1 is 0.857 bits per heavy atom. The summed E-state index contributed by atoms with van der Waals surface area (Å²) < 4.78 is 34.8. The summed E-state index contributed by atoms with van der Waals surface area (Å²) in [6.07, 6.45) is 0. The largest absolute Gasteiger partial charge is 0.768 e. The van der Waals surface area contributed by atoms with Crippen LogP contribution < -0.4 is 0 Å². The van der Waals surface area contributed by atoms with E-state index < -0.39 is 11.1 Å².